The summed E-state index contributed by atoms with van der Waals surface area (Å²) in [7, 11) is 1.24. The molecule has 1 saturated heterocycles. The maximum atomic E-state index is 13.7. The quantitative estimate of drug-likeness (QED) is 0.489. The van der Waals surface area contributed by atoms with E-state index in [-0.39, 0.29) is 12.2 Å². The van der Waals surface area contributed by atoms with Crippen LogP contribution in [0, 0.1) is 11.9 Å². The number of amides is 2. The summed E-state index contributed by atoms with van der Waals surface area (Å²) in [4.78, 5) is 33.5. The third kappa shape index (κ3) is 3.81. The summed E-state index contributed by atoms with van der Waals surface area (Å²) in [5.74, 6) is -4.46. The molecule has 1 aromatic carbocycles. The minimum absolute atomic E-state index is 0.0334. The first-order valence-electron chi connectivity index (χ1n) is 8.16. The van der Waals surface area contributed by atoms with Crippen LogP contribution in [0.1, 0.15) is 17.0 Å². The largest absolute Gasteiger partial charge is 0.416 e. The number of nitrogens with zero attached hydrogens (tertiary/aromatic N) is 2. The van der Waals surface area contributed by atoms with E-state index in [1.54, 1.807) is 0 Å². The van der Waals surface area contributed by atoms with Gasteiger partial charge in [0, 0.05) is 12.1 Å². The summed E-state index contributed by atoms with van der Waals surface area (Å²) in [5, 5.41) is 3.25. The molecule has 1 aliphatic rings. The van der Waals surface area contributed by atoms with Gasteiger partial charge in [-0.25, -0.2) is 10.0 Å². The zero-order chi connectivity index (χ0) is 20.5. The summed E-state index contributed by atoms with van der Waals surface area (Å²) in [6.45, 7) is -0.0334. The maximum absolute atomic E-state index is 13.7. The second-order valence-corrected chi connectivity index (χ2v) is 6.12. The van der Waals surface area contributed by atoms with Gasteiger partial charge in [0.2, 0.25) is 11.9 Å². The van der Waals surface area contributed by atoms with Crippen LogP contribution in [-0.4, -0.2) is 35.5 Å². The van der Waals surface area contributed by atoms with Gasteiger partial charge >= 0.3 is 6.18 Å². The van der Waals surface area contributed by atoms with Crippen LogP contribution in [0.3, 0.4) is 0 Å². The second-order valence-electron chi connectivity index (χ2n) is 6.12. The molecule has 2 atom stereocenters. The van der Waals surface area contributed by atoms with Crippen LogP contribution >= 0.6 is 0 Å². The SMILES string of the molecule is CON1C[C@H](c2ccc(C(F)(F)F)cc2)[C@@H](C(=O)Nc2cccnc2F)C1=O. The Bertz CT molecular complexity index is 886. The molecule has 3 rings (SSSR count). The zero-order valence-electron chi connectivity index (χ0n) is 14.5. The van der Waals surface area contributed by atoms with Crippen LogP contribution in [-0.2, 0) is 20.6 Å². The predicted octanol–water partition coefficient (Wildman–Crippen LogP) is 2.98. The smallest absolute Gasteiger partial charge is 0.322 e. The fourth-order valence-electron chi connectivity index (χ4n) is 3.07. The predicted molar refractivity (Wildman–Crippen MR) is 89.2 cm³/mol. The second kappa shape index (κ2) is 7.55. The van der Waals surface area contributed by atoms with Crippen LogP contribution in [0.2, 0.25) is 0 Å². The van der Waals surface area contributed by atoms with Crippen molar-refractivity contribution in [2.45, 2.75) is 12.1 Å². The number of carbonyl (C=O) groups excluding carboxylic acids is 2. The van der Waals surface area contributed by atoms with Crippen molar-refractivity contribution in [1.29, 1.82) is 0 Å². The van der Waals surface area contributed by atoms with E-state index in [1.807, 2.05) is 0 Å². The molecular weight excluding hydrogens is 382 g/mol. The normalized spacial score (nSPS) is 19.8. The fourth-order valence-corrected chi connectivity index (χ4v) is 3.07. The lowest BCUT2D eigenvalue weighted by atomic mass is 9.87. The van der Waals surface area contributed by atoms with Gasteiger partial charge in [-0.3, -0.25) is 14.4 Å². The average Bonchev–Trinajstić information content (AvgIpc) is 2.99. The molecule has 1 aromatic heterocycles. The van der Waals surface area contributed by atoms with Crippen molar-refractivity contribution >= 4 is 17.5 Å². The van der Waals surface area contributed by atoms with Crippen molar-refractivity contribution in [3.05, 3.63) is 59.7 Å². The number of anilines is 1. The number of halogens is 4. The number of hydrogen-bond donors (Lipinski definition) is 1. The number of aromatic nitrogens is 1. The zero-order valence-corrected chi connectivity index (χ0v) is 14.5. The van der Waals surface area contributed by atoms with Crippen LogP contribution in [0.4, 0.5) is 23.2 Å². The molecule has 0 saturated carbocycles. The van der Waals surface area contributed by atoms with Gasteiger partial charge in [0.05, 0.1) is 24.9 Å². The van der Waals surface area contributed by atoms with Crippen LogP contribution in [0.5, 0.6) is 0 Å². The molecule has 10 heteroatoms. The third-order valence-corrected chi connectivity index (χ3v) is 4.46. The monoisotopic (exact) mass is 397 g/mol. The lowest BCUT2D eigenvalue weighted by Crippen LogP contribution is -2.33. The summed E-state index contributed by atoms with van der Waals surface area (Å²) < 4.78 is 52.0. The van der Waals surface area contributed by atoms with E-state index >= 15 is 0 Å². The minimum Gasteiger partial charge on any atom is -0.322 e. The Labute approximate surface area is 157 Å². The first-order chi connectivity index (χ1) is 13.2. The number of pyridine rings is 1. The van der Waals surface area contributed by atoms with Crippen molar-refractivity contribution in [3.8, 4) is 0 Å². The Hall–Kier alpha value is -3.01. The Morgan fingerprint density at radius 2 is 1.93 bits per heavy atom. The molecule has 0 radical (unpaired) electrons. The number of alkyl halides is 3. The summed E-state index contributed by atoms with van der Waals surface area (Å²) in [6, 6.07) is 6.87. The third-order valence-electron chi connectivity index (χ3n) is 4.46. The molecule has 0 bridgehead atoms. The van der Waals surface area contributed by atoms with E-state index in [0.717, 1.165) is 17.2 Å². The summed E-state index contributed by atoms with van der Waals surface area (Å²) in [5.41, 5.74) is -0.697. The van der Waals surface area contributed by atoms with Crippen molar-refractivity contribution in [3.63, 3.8) is 0 Å². The highest BCUT2D eigenvalue weighted by molar-refractivity contribution is 6.08. The van der Waals surface area contributed by atoms with E-state index in [4.69, 9.17) is 4.84 Å². The van der Waals surface area contributed by atoms with Gasteiger partial charge in [0.25, 0.3) is 5.91 Å². The minimum atomic E-state index is -4.50. The molecule has 6 nitrogen and oxygen atoms in total. The van der Waals surface area contributed by atoms with Gasteiger partial charge < -0.3 is 5.32 Å². The van der Waals surface area contributed by atoms with Gasteiger partial charge in [-0.1, -0.05) is 12.1 Å². The van der Waals surface area contributed by atoms with Crippen molar-refractivity contribution < 1.29 is 32.0 Å². The lowest BCUT2D eigenvalue weighted by molar-refractivity contribution is -0.170. The molecule has 1 N–H and O–H groups in total. The van der Waals surface area contributed by atoms with Crippen LogP contribution < -0.4 is 5.32 Å². The molecule has 1 fully saturated rings. The fraction of sp³-hybridized carbons (Fsp3) is 0.278. The molecule has 0 aliphatic carbocycles. The number of rotatable bonds is 4. The molecule has 2 amide bonds. The standard InChI is InChI=1S/C18H15F4N3O3/c1-28-25-9-12(10-4-6-11(7-5-10)18(20,21)22)14(17(25)27)16(26)24-13-3-2-8-23-15(13)19/h2-8,12,14H,9H2,1H3,(H,24,26)/t12-,14+/m1/s1. The topological polar surface area (TPSA) is 71.5 Å². The molecule has 0 spiro atoms. The van der Waals surface area contributed by atoms with Gasteiger partial charge in [-0.05, 0) is 29.8 Å². The van der Waals surface area contributed by atoms with E-state index in [2.05, 4.69) is 10.3 Å². The highest BCUT2D eigenvalue weighted by atomic mass is 19.4. The number of hydroxylamine groups is 2. The molecule has 2 aromatic rings. The lowest BCUT2D eigenvalue weighted by Gasteiger charge is -2.17. The van der Waals surface area contributed by atoms with Gasteiger partial charge in [-0.15, -0.1) is 0 Å². The first kappa shape index (κ1) is 19.7. The molecule has 2 heterocycles. The molecule has 28 heavy (non-hydrogen) atoms. The number of nitrogens with one attached hydrogen (secondary N) is 1. The van der Waals surface area contributed by atoms with Crippen molar-refractivity contribution in [2.75, 3.05) is 19.0 Å². The number of carbonyl (C=O) groups is 2. The van der Waals surface area contributed by atoms with Crippen LogP contribution in [0.15, 0.2) is 42.6 Å². The van der Waals surface area contributed by atoms with E-state index in [0.29, 0.717) is 5.56 Å². The molecule has 1 aliphatic heterocycles. The van der Waals surface area contributed by atoms with E-state index in [9.17, 15) is 27.2 Å². The van der Waals surface area contributed by atoms with Gasteiger partial charge in [0.15, 0.2) is 0 Å². The summed E-state index contributed by atoms with van der Waals surface area (Å²) in [6.07, 6.45) is -3.30. The van der Waals surface area contributed by atoms with Gasteiger partial charge in [0.1, 0.15) is 5.92 Å². The van der Waals surface area contributed by atoms with E-state index in [1.165, 1.54) is 37.6 Å². The number of benzene rings is 1. The van der Waals surface area contributed by atoms with Crippen molar-refractivity contribution in [2.24, 2.45) is 5.92 Å². The summed E-state index contributed by atoms with van der Waals surface area (Å²) >= 11 is 0. The molecule has 0 unspecified atom stereocenters. The Balaban J connectivity index is 1.89. The Kier molecular flexibility index (Phi) is 5.32. The first-order valence-corrected chi connectivity index (χ1v) is 8.16. The average molecular weight is 397 g/mol. The molecular formula is C18H15F4N3O3. The Morgan fingerprint density at radius 3 is 2.50 bits per heavy atom. The maximum Gasteiger partial charge on any atom is 0.416 e. The highest BCUT2D eigenvalue weighted by Crippen LogP contribution is 2.36. The number of hydrogen-bond acceptors (Lipinski definition) is 4. The van der Waals surface area contributed by atoms with E-state index < -0.39 is 41.3 Å². The van der Waals surface area contributed by atoms with Gasteiger partial charge in [-0.2, -0.15) is 17.6 Å². The molecule has 148 valence electrons. The highest BCUT2D eigenvalue weighted by Gasteiger charge is 2.46. The Morgan fingerprint density at radius 1 is 1.25 bits per heavy atom. The van der Waals surface area contributed by atoms with Crippen LogP contribution in [0.25, 0.3) is 0 Å². The van der Waals surface area contributed by atoms with Crippen molar-refractivity contribution in [1.82, 2.24) is 10.0 Å².